The zero-order valence-electron chi connectivity index (χ0n) is 7.36. The highest BCUT2D eigenvalue weighted by atomic mass is 16.8. The van der Waals surface area contributed by atoms with Gasteiger partial charge < -0.3 is 20.3 Å². The highest BCUT2D eigenvalue weighted by molar-refractivity contribution is 5.00. The number of nitrogens with two attached hydrogens (primary N) is 1. The summed E-state index contributed by atoms with van der Waals surface area (Å²) in [6, 6.07) is -0.0909. The minimum absolute atomic E-state index is 0.0909. The Bertz CT molecular complexity index is 177. The summed E-state index contributed by atoms with van der Waals surface area (Å²) < 4.78 is 11.1. The van der Waals surface area contributed by atoms with E-state index in [1.165, 1.54) is 0 Å². The fraction of sp³-hybridized carbons (Fsp3) is 1.00. The first kappa shape index (κ1) is 8.44. The summed E-state index contributed by atoms with van der Waals surface area (Å²) in [4.78, 5) is 0. The van der Waals surface area contributed by atoms with Crippen molar-refractivity contribution < 1.29 is 14.6 Å². The average molecular weight is 173 g/mol. The predicted octanol–water partition coefficient (Wildman–Crippen LogP) is -0.402. The van der Waals surface area contributed by atoms with Gasteiger partial charge >= 0.3 is 0 Å². The van der Waals surface area contributed by atoms with E-state index in [-0.39, 0.29) is 18.2 Å². The minimum Gasteiger partial charge on any atom is -0.390 e. The second-order valence-corrected chi connectivity index (χ2v) is 4.03. The summed E-state index contributed by atoms with van der Waals surface area (Å²) in [5.41, 5.74) is 5.77. The lowest BCUT2D eigenvalue weighted by Gasteiger charge is -2.20. The molecule has 0 spiro atoms. The quantitative estimate of drug-likeness (QED) is 0.523. The number of rotatable bonds is 0. The summed E-state index contributed by atoms with van der Waals surface area (Å²) in [5, 5.41) is 9.52. The number of aliphatic hydroxyl groups is 1. The summed E-state index contributed by atoms with van der Waals surface area (Å²) in [7, 11) is 0. The Balaban J connectivity index is 2.15. The van der Waals surface area contributed by atoms with E-state index < -0.39 is 11.9 Å². The van der Waals surface area contributed by atoms with Crippen LogP contribution >= 0.6 is 0 Å². The van der Waals surface area contributed by atoms with Crippen LogP contribution in [0.3, 0.4) is 0 Å². The van der Waals surface area contributed by atoms with Crippen molar-refractivity contribution in [3.05, 3.63) is 0 Å². The molecule has 0 aromatic rings. The molecule has 0 aromatic heterocycles. The predicted molar refractivity (Wildman–Crippen MR) is 42.4 cm³/mol. The molecule has 0 amide bonds. The highest BCUT2D eigenvalue weighted by Gasteiger charge is 2.52. The van der Waals surface area contributed by atoms with Crippen LogP contribution in [0.4, 0.5) is 0 Å². The Morgan fingerprint density at radius 1 is 1.33 bits per heavy atom. The molecule has 2 aliphatic rings. The largest absolute Gasteiger partial charge is 0.390 e. The van der Waals surface area contributed by atoms with Crippen LogP contribution in [-0.4, -0.2) is 35.2 Å². The van der Waals surface area contributed by atoms with Crippen LogP contribution in [0.5, 0.6) is 0 Å². The number of hydrogen-bond donors (Lipinski definition) is 2. The second kappa shape index (κ2) is 2.42. The maximum Gasteiger partial charge on any atom is 0.163 e. The van der Waals surface area contributed by atoms with Gasteiger partial charge in [-0.3, -0.25) is 0 Å². The van der Waals surface area contributed by atoms with E-state index in [1.807, 2.05) is 13.8 Å². The van der Waals surface area contributed by atoms with Crippen molar-refractivity contribution in [3.63, 3.8) is 0 Å². The third-order valence-electron chi connectivity index (χ3n) is 2.48. The number of hydrogen-bond acceptors (Lipinski definition) is 4. The van der Waals surface area contributed by atoms with E-state index >= 15 is 0 Å². The molecule has 4 heteroatoms. The molecule has 0 unspecified atom stereocenters. The highest BCUT2D eigenvalue weighted by Crippen LogP contribution is 2.37. The van der Waals surface area contributed by atoms with Crippen molar-refractivity contribution in [2.24, 2.45) is 5.73 Å². The zero-order valence-corrected chi connectivity index (χ0v) is 7.36. The molecule has 1 aliphatic heterocycles. The number of ether oxygens (including phenoxy) is 2. The van der Waals surface area contributed by atoms with Gasteiger partial charge in [0.2, 0.25) is 0 Å². The van der Waals surface area contributed by atoms with Gasteiger partial charge in [-0.05, 0) is 20.3 Å². The zero-order chi connectivity index (χ0) is 8.93. The van der Waals surface area contributed by atoms with Crippen molar-refractivity contribution >= 4 is 0 Å². The third kappa shape index (κ3) is 1.15. The molecule has 0 radical (unpaired) electrons. The van der Waals surface area contributed by atoms with Crippen LogP contribution in [0.1, 0.15) is 20.3 Å². The third-order valence-corrected chi connectivity index (χ3v) is 2.48. The van der Waals surface area contributed by atoms with E-state index in [4.69, 9.17) is 15.2 Å². The van der Waals surface area contributed by atoms with Crippen LogP contribution in [0.25, 0.3) is 0 Å². The Morgan fingerprint density at radius 2 is 1.92 bits per heavy atom. The summed E-state index contributed by atoms with van der Waals surface area (Å²) in [6.45, 7) is 3.68. The number of aliphatic hydroxyl groups excluding tert-OH is 1. The topological polar surface area (TPSA) is 64.7 Å². The van der Waals surface area contributed by atoms with Crippen LogP contribution in [0.2, 0.25) is 0 Å². The molecule has 3 N–H and O–H groups in total. The lowest BCUT2D eigenvalue weighted by atomic mass is 10.2. The number of fused-ring (bicyclic) bond motifs is 1. The minimum atomic E-state index is -0.589. The Hall–Kier alpha value is -0.160. The van der Waals surface area contributed by atoms with Gasteiger partial charge in [0.25, 0.3) is 0 Å². The molecule has 1 saturated carbocycles. The molecular weight excluding hydrogens is 158 g/mol. The average Bonchev–Trinajstić information content (AvgIpc) is 2.34. The van der Waals surface area contributed by atoms with E-state index in [1.54, 1.807) is 0 Å². The maximum absolute atomic E-state index is 9.52. The normalized spacial score (nSPS) is 51.0. The van der Waals surface area contributed by atoms with E-state index in [0.717, 1.165) is 0 Å². The fourth-order valence-corrected chi connectivity index (χ4v) is 1.99. The Kier molecular flexibility index (Phi) is 1.70. The lowest BCUT2D eigenvalue weighted by molar-refractivity contribution is -0.163. The van der Waals surface area contributed by atoms with Gasteiger partial charge in [0.1, 0.15) is 12.2 Å². The van der Waals surface area contributed by atoms with Gasteiger partial charge in [0, 0.05) is 6.04 Å². The molecule has 0 aromatic carbocycles. The standard InChI is InChI=1S/C8H15NO3/c1-8(2)11-6-4(9)3-5(10)7(6)12-8/h4-7,10H,3,9H2,1-2H3/t4-,5+,6+,7+/m0/s1. The van der Waals surface area contributed by atoms with E-state index in [9.17, 15) is 5.11 Å². The molecular formula is C8H15NO3. The molecule has 1 aliphatic carbocycles. The van der Waals surface area contributed by atoms with Crippen molar-refractivity contribution in [1.29, 1.82) is 0 Å². The first-order chi connectivity index (χ1) is 5.49. The monoisotopic (exact) mass is 173 g/mol. The van der Waals surface area contributed by atoms with Crippen molar-refractivity contribution in [1.82, 2.24) is 0 Å². The van der Waals surface area contributed by atoms with E-state index in [2.05, 4.69) is 0 Å². The van der Waals surface area contributed by atoms with Gasteiger partial charge in [-0.1, -0.05) is 0 Å². The van der Waals surface area contributed by atoms with Crippen molar-refractivity contribution in [2.75, 3.05) is 0 Å². The first-order valence-electron chi connectivity index (χ1n) is 4.29. The van der Waals surface area contributed by atoms with Crippen LogP contribution in [-0.2, 0) is 9.47 Å². The van der Waals surface area contributed by atoms with Crippen LogP contribution in [0, 0.1) is 0 Å². The molecule has 70 valence electrons. The smallest absolute Gasteiger partial charge is 0.163 e. The second-order valence-electron chi connectivity index (χ2n) is 4.03. The molecule has 0 bridgehead atoms. The molecule has 1 heterocycles. The summed E-state index contributed by atoms with van der Waals surface area (Å²) in [6.07, 6.45) is -0.248. The van der Waals surface area contributed by atoms with Gasteiger partial charge in [-0.15, -0.1) is 0 Å². The summed E-state index contributed by atoms with van der Waals surface area (Å²) in [5.74, 6) is -0.589. The maximum atomic E-state index is 9.52. The summed E-state index contributed by atoms with van der Waals surface area (Å²) >= 11 is 0. The van der Waals surface area contributed by atoms with Gasteiger partial charge in [-0.2, -0.15) is 0 Å². The molecule has 4 atom stereocenters. The Morgan fingerprint density at radius 3 is 2.50 bits per heavy atom. The molecule has 2 fully saturated rings. The van der Waals surface area contributed by atoms with Crippen molar-refractivity contribution in [3.8, 4) is 0 Å². The molecule has 1 saturated heterocycles. The Labute approximate surface area is 71.6 Å². The van der Waals surface area contributed by atoms with Crippen LogP contribution < -0.4 is 5.73 Å². The van der Waals surface area contributed by atoms with Gasteiger partial charge in [0.15, 0.2) is 5.79 Å². The van der Waals surface area contributed by atoms with Crippen molar-refractivity contribution in [2.45, 2.75) is 50.4 Å². The van der Waals surface area contributed by atoms with Crippen LogP contribution in [0.15, 0.2) is 0 Å². The fourth-order valence-electron chi connectivity index (χ4n) is 1.99. The molecule has 4 nitrogen and oxygen atoms in total. The molecule has 2 rings (SSSR count). The van der Waals surface area contributed by atoms with Gasteiger partial charge in [0.05, 0.1) is 6.10 Å². The lowest BCUT2D eigenvalue weighted by Crippen LogP contribution is -2.35. The van der Waals surface area contributed by atoms with Gasteiger partial charge in [-0.25, -0.2) is 0 Å². The van der Waals surface area contributed by atoms with E-state index in [0.29, 0.717) is 6.42 Å². The SMILES string of the molecule is CC1(C)O[C@H]2[C@H](O1)[C@@H](N)C[C@H]2O. The molecule has 12 heavy (non-hydrogen) atoms. The first-order valence-corrected chi connectivity index (χ1v) is 4.29.